The minimum Gasteiger partial charge on any atom is -0.465 e. The number of amides is 1. The highest BCUT2D eigenvalue weighted by molar-refractivity contribution is 7.99. The zero-order chi connectivity index (χ0) is 21.1. The summed E-state index contributed by atoms with van der Waals surface area (Å²) in [5.41, 5.74) is 3.81. The fourth-order valence-electron chi connectivity index (χ4n) is 3.02. The number of carboxylic acid groups (broad SMARTS) is 1. The van der Waals surface area contributed by atoms with E-state index in [0.29, 0.717) is 11.3 Å². The minimum atomic E-state index is -1.02. The maximum absolute atomic E-state index is 11.4. The lowest BCUT2D eigenvalue weighted by Crippen LogP contribution is -2.23. The van der Waals surface area contributed by atoms with Crippen molar-refractivity contribution in [2.75, 3.05) is 17.3 Å². The van der Waals surface area contributed by atoms with E-state index in [-0.39, 0.29) is 0 Å². The van der Waals surface area contributed by atoms with Crippen molar-refractivity contribution in [1.29, 1.82) is 0 Å². The molecule has 0 aliphatic rings. The van der Waals surface area contributed by atoms with Crippen LogP contribution in [0.4, 0.5) is 21.9 Å². The van der Waals surface area contributed by atoms with Gasteiger partial charge in [-0.05, 0) is 55.5 Å². The maximum atomic E-state index is 11.4. The summed E-state index contributed by atoms with van der Waals surface area (Å²) in [5.74, 6) is 0. The molecule has 4 aromatic rings. The van der Waals surface area contributed by atoms with Gasteiger partial charge in [-0.25, -0.2) is 14.8 Å². The van der Waals surface area contributed by atoms with Crippen LogP contribution in [0, 0.1) is 6.92 Å². The molecule has 1 amide bonds. The Hall–Kier alpha value is -3.58. The lowest BCUT2D eigenvalue weighted by atomic mass is 10.2. The largest absolute Gasteiger partial charge is 0.465 e. The lowest BCUT2D eigenvalue weighted by Gasteiger charge is -2.18. The molecule has 30 heavy (non-hydrogen) atoms. The molecule has 0 spiro atoms. The Balaban J connectivity index is 1.78. The molecule has 0 aliphatic carbocycles. The summed E-state index contributed by atoms with van der Waals surface area (Å²) in [4.78, 5) is 23.6. The second kappa shape index (κ2) is 8.42. The lowest BCUT2D eigenvalue weighted by molar-refractivity contribution is 0.203. The third-order valence-corrected chi connectivity index (χ3v) is 5.70. The molecule has 150 valence electrons. The SMILES string of the molecule is Cc1ccc2c(Nc3cc(N(C)C(=O)O)ccc3Sc3ccccc3)ccnc2n1. The highest BCUT2D eigenvalue weighted by Crippen LogP contribution is 2.38. The predicted octanol–water partition coefficient (Wildman–Crippen LogP) is 5.95. The van der Waals surface area contributed by atoms with Crippen LogP contribution in [0.2, 0.25) is 0 Å². The van der Waals surface area contributed by atoms with Crippen LogP contribution < -0.4 is 10.2 Å². The van der Waals surface area contributed by atoms with Crippen LogP contribution in [0.25, 0.3) is 11.0 Å². The van der Waals surface area contributed by atoms with E-state index in [0.717, 1.165) is 32.2 Å². The van der Waals surface area contributed by atoms with Gasteiger partial charge in [0.25, 0.3) is 0 Å². The number of pyridine rings is 2. The van der Waals surface area contributed by atoms with Gasteiger partial charge in [-0.2, -0.15) is 0 Å². The van der Waals surface area contributed by atoms with E-state index in [1.807, 2.05) is 67.6 Å². The van der Waals surface area contributed by atoms with E-state index < -0.39 is 6.09 Å². The molecular formula is C23H20N4O2S. The average Bonchev–Trinajstić information content (AvgIpc) is 2.75. The molecule has 0 aliphatic heterocycles. The highest BCUT2D eigenvalue weighted by Gasteiger charge is 2.14. The Labute approximate surface area is 178 Å². The quantitative estimate of drug-likeness (QED) is 0.419. The van der Waals surface area contributed by atoms with Crippen LogP contribution in [0.5, 0.6) is 0 Å². The molecule has 0 radical (unpaired) electrons. The van der Waals surface area contributed by atoms with E-state index in [9.17, 15) is 9.90 Å². The third-order valence-electron chi connectivity index (χ3n) is 4.62. The molecule has 0 bridgehead atoms. The van der Waals surface area contributed by atoms with Crippen molar-refractivity contribution in [1.82, 2.24) is 9.97 Å². The Morgan fingerprint density at radius 3 is 2.60 bits per heavy atom. The number of nitrogens with zero attached hydrogens (tertiary/aromatic N) is 3. The van der Waals surface area contributed by atoms with Crippen molar-refractivity contribution in [3.8, 4) is 0 Å². The van der Waals surface area contributed by atoms with E-state index in [1.165, 1.54) is 11.9 Å². The number of anilines is 3. The van der Waals surface area contributed by atoms with Crippen LogP contribution >= 0.6 is 11.8 Å². The van der Waals surface area contributed by atoms with Crippen molar-refractivity contribution in [2.45, 2.75) is 16.7 Å². The first kappa shape index (κ1) is 19.7. The van der Waals surface area contributed by atoms with Gasteiger partial charge < -0.3 is 10.4 Å². The van der Waals surface area contributed by atoms with Crippen molar-refractivity contribution < 1.29 is 9.90 Å². The van der Waals surface area contributed by atoms with Gasteiger partial charge in [0, 0.05) is 39.8 Å². The summed E-state index contributed by atoms with van der Waals surface area (Å²) in [7, 11) is 1.53. The average molecular weight is 417 g/mol. The van der Waals surface area contributed by atoms with Crippen molar-refractivity contribution in [3.63, 3.8) is 0 Å². The summed E-state index contributed by atoms with van der Waals surface area (Å²) >= 11 is 1.61. The smallest absolute Gasteiger partial charge is 0.411 e. The van der Waals surface area contributed by atoms with Gasteiger partial charge in [0.1, 0.15) is 0 Å². The molecule has 0 saturated carbocycles. The van der Waals surface area contributed by atoms with Crippen molar-refractivity contribution >= 4 is 46.0 Å². The summed E-state index contributed by atoms with van der Waals surface area (Å²) in [6.45, 7) is 1.93. The number of fused-ring (bicyclic) bond motifs is 1. The van der Waals surface area contributed by atoms with Gasteiger partial charge in [-0.1, -0.05) is 30.0 Å². The zero-order valence-corrected chi connectivity index (χ0v) is 17.4. The number of aryl methyl sites for hydroxylation is 1. The summed E-state index contributed by atoms with van der Waals surface area (Å²) < 4.78 is 0. The Morgan fingerprint density at radius 1 is 1.03 bits per heavy atom. The number of hydrogen-bond donors (Lipinski definition) is 2. The standard InChI is InChI=1S/C23H20N4O2S/c1-15-8-10-18-19(12-13-24-22(18)25-15)26-20-14-16(27(2)23(28)29)9-11-21(20)30-17-6-4-3-5-7-17/h3-14H,1-2H3,(H,28,29)(H,24,25,26). The number of rotatable bonds is 5. The van der Waals surface area contributed by atoms with E-state index in [4.69, 9.17) is 0 Å². The monoisotopic (exact) mass is 416 g/mol. The minimum absolute atomic E-state index is 0.578. The molecule has 0 atom stereocenters. The normalized spacial score (nSPS) is 10.7. The number of benzene rings is 2. The van der Waals surface area contributed by atoms with Crippen LogP contribution in [0.1, 0.15) is 5.69 Å². The molecule has 6 nitrogen and oxygen atoms in total. The summed E-state index contributed by atoms with van der Waals surface area (Å²) in [5, 5.41) is 13.7. The first-order chi connectivity index (χ1) is 14.5. The zero-order valence-electron chi connectivity index (χ0n) is 16.5. The fraction of sp³-hybridized carbons (Fsp3) is 0.0870. The number of hydrogen-bond acceptors (Lipinski definition) is 5. The number of nitrogens with one attached hydrogen (secondary N) is 1. The molecule has 2 heterocycles. The molecule has 2 N–H and O–H groups in total. The Kier molecular flexibility index (Phi) is 5.54. The first-order valence-corrected chi connectivity index (χ1v) is 10.2. The van der Waals surface area contributed by atoms with E-state index >= 15 is 0 Å². The van der Waals surface area contributed by atoms with Crippen LogP contribution in [-0.4, -0.2) is 28.2 Å². The third kappa shape index (κ3) is 4.21. The summed E-state index contributed by atoms with van der Waals surface area (Å²) in [6.07, 6.45) is 0.701. The number of carbonyl (C=O) groups is 1. The first-order valence-electron chi connectivity index (χ1n) is 9.34. The molecule has 0 saturated heterocycles. The predicted molar refractivity (Wildman–Crippen MR) is 121 cm³/mol. The van der Waals surface area contributed by atoms with Crippen LogP contribution in [0.3, 0.4) is 0 Å². The molecule has 2 aromatic heterocycles. The molecular weight excluding hydrogens is 396 g/mol. The Bertz CT molecular complexity index is 1210. The van der Waals surface area contributed by atoms with Gasteiger partial charge in [0.15, 0.2) is 5.65 Å². The fourth-order valence-corrected chi connectivity index (χ4v) is 3.92. The maximum Gasteiger partial charge on any atom is 0.411 e. The van der Waals surface area contributed by atoms with Gasteiger partial charge in [-0.3, -0.25) is 4.90 Å². The second-order valence-corrected chi connectivity index (χ2v) is 7.86. The van der Waals surface area contributed by atoms with Gasteiger partial charge in [-0.15, -0.1) is 0 Å². The number of aromatic nitrogens is 2. The van der Waals surface area contributed by atoms with Gasteiger partial charge >= 0.3 is 6.09 Å². The Morgan fingerprint density at radius 2 is 1.83 bits per heavy atom. The molecule has 0 fully saturated rings. The van der Waals surface area contributed by atoms with E-state index in [1.54, 1.807) is 24.0 Å². The summed E-state index contributed by atoms with van der Waals surface area (Å²) in [6, 6.07) is 21.5. The molecule has 7 heteroatoms. The van der Waals surface area contributed by atoms with E-state index in [2.05, 4.69) is 15.3 Å². The van der Waals surface area contributed by atoms with Gasteiger partial charge in [0.05, 0.1) is 11.4 Å². The highest BCUT2D eigenvalue weighted by atomic mass is 32.2. The second-order valence-electron chi connectivity index (χ2n) is 6.74. The molecule has 4 rings (SSSR count). The van der Waals surface area contributed by atoms with Crippen molar-refractivity contribution in [2.24, 2.45) is 0 Å². The molecule has 2 aromatic carbocycles. The topological polar surface area (TPSA) is 78.4 Å². The van der Waals surface area contributed by atoms with Crippen LogP contribution in [-0.2, 0) is 0 Å². The van der Waals surface area contributed by atoms with Gasteiger partial charge in [0.2, 0.25) is 0 Å². The van der Waals surface area contributed by atoms with Crippen molar-refractivity contribution in [3.05, 3.63) is 78.6 Å². The van der Waals surface area contributed by atoms with Crippen LogP contribution in [0.15, 0.2) is 82.7 Å². The molecule has 0 unspecified atom stereocenters.